The lowest BCUT2D eigenvalue weighted by Gasteiger charge is -2.36. The fraction of sp³-hybridized carbons (Fsp3) is 0.471. The molecule has 0 fully saturated rings. The monoisotopic (exact) mass is 546 g/mol. The van der Waals surface area contributed by atoms with Crippen molar-refractivity contribution in [1.82, 2.24) is 4.90 Å². The predicted molar refractivity (Wildman–Crippen MR) is 164 cm³/mol. The highest BCUT2D eigenvalue weighted by atomic mass is 16.5. The van der Waals surface area contributed by atoms with Gasteiger partial charge in [-0.25, -0.2) is 0 Å². The number of anilines is 1. The van der Waals surface area contributed by atoms with Crippen LogP contribution in [0.15, 0.2) is 54.6 Å². The zero-order chi connectivity index (χ0) is 28.8. The van der Waals surface area contributed by atoms with Gasteiger partial charge in [-0.05, 0) is 113 Å². The molecule has 216 valence electrons. The minimum absolute atomic E-state index is 0.149. The molecular weight excluding hydrogens is 500 g/mol. The second kappa shape index (κ2) is 13.3. The number of methoxy groups -OCH3 is 2. The molecule has 3 aromatic carbocycles. The summed E-state index contributed by atoms with van der Waals surface area (Å²) in [6.07, 6.45) is 2.89. The Morgan fingerprint density at radius 3 is 2.27 bits per heavy atom. The van der Waals surface area contributed by atoms with Gasteiger partial charge in [0.2, 0.25) is 0 Å². The van der Waals surface area contributed by atoms with Crippen LogP contribution in [0.3, 0.4) is 0 Å². The fourth-order valence-corrected chi connectivity index (χ4v) is 5.71. The molecule has 0 aliphatic heterocycles. The van der Waals surface area contributed by atoms with Crippen LogP contribution < -0.4 is 19.1 Å². The third-order valence-corrected chi connectivity index (χ3v) is 8.47. The molecule has 6 heteroatoms. The third-order valence-electron chi connectivity index (χ3n) is 8.47. The van der Waals surface area contributed by atoms with Crippen molar-refractivity contribution in [2.24, 2.45) is 0 Å². The van der Waals surface area contributed by atoms with Gasteiger partial charge in [0, 0.05) is 30.9 Å². The fourth-order valence-electron chi connectivity index (χ4n) is 5.71. The van der Waals surface area contributed by atoms with Crippen molar-refractivity contribution < 1.29 is 19.3 Å². The summed E-state index contributed by atoms with van der Waals surface area (Å²) in [6, 6.07) is 19.3. The van der Waals surface area contributed by atoms with Crippen molar-refractivity contribution in [3.63, 3.8) is 0 Å². The van der Waals surface area contributed by atoms with E-state index in [1.807, 2.05) is 6.07 Å². The summed E-state index contributed by atoms with van der Waals surface area (Å²) in [5.74, 6) is 3.08. The highest BCUT2D eigenvalue weighted by molar-refractivity contribution is 5.65. The maximum absolute atomic E-state index is 9.97. The van der Waals surface area contributed by atoms with E-state index in [-0.39, 0.29) is 6.04 Å². The van der Waals surface area contributed by atoms with Gasteiger partial charge in [-0.2, -0.15) is 0 Å². The van der Waals surface area contributed by atoms with Gasteiger partial charge in [0.05, 0.1) is 20.3 Å². The number of rotatable bonds is 12. The van der Waals surface area contributed by atoms with E-state index in [4.69, 9.17) is 14.2 Å². The molecular formula is C34H46N2O4. The van der Waals surface area contributed by atoms with E-state index in [1.54, 1.807) is 20.3 Å². The number of aromatic hydroxyl groups is 1. The van der Waals surface area contributed by atoms with E-state index in [2.05, 4.69) is 87.0 Å². The van der Waals surface area contributed by atoms with Crippen LogP contribution >= 0.6 is 0 Å². The lowest BCUT2D eigenvalue weighted by atomic mass is 9.79. The molecule has 1 unspecified atom stereocenters. The average molecular weight is 547 g/mol. The third kappa shape index (κ3) is 6.67. The smallest absolute Gasteiger partial charge is 0.162 e. The Balaban J connectivity index is 1.60. The Morgan fingerprint density at radius 2 is 1.62 bits per heavy atom. The van der Waals surface area contributed by atoms with Gasteiger partial charge < -0.3 is 29.1 Å². The number of phenols is 1. The van der Waals surface area contributed by atoms with Gasteiger partial charge >= 0.3 is 0 Å². The molecule has 1 N–H and O–H groups in total. The van der Waals surface area contributed by atoms with E-state index in [0.29, 0.717) is 24.3 Å². The number of benzene rings is 3. The van der Waals surface area contributed by atoms with Crippen molar-refractivity contribution in [3.05, 3.63) is 76.9 Å². The van der Waals surface area contributed by atoms with Crippen molar-refractivity contribution in [2.45, 2.75) is 65.0 Å². The maximum atomic E-state index is 9.97. The summed E-state index contributed by atoms with van der Waals surface area (Å²) in [5, 5.41) is 9.97. The number of phenolic OH excluding ortho intramolecular Hbond substituents is 1. The Bertz CT molecular complexity index is 1260. The molecule has 0 aromatic heterocycles. The molecule has 2 atom stereocenters. The Morgan fingerprint density at radius 1 is 0.925 bits per heavy atom. The van der Waals surface area contributed by atoms with Crippen LogP contribution in [0.25, 0.3) is 0 Å². The molecule has 1 aliphatic carbocycles. The van der Waals surface area contributed by atoms with E-state index in [1.165, 1.54) is 27.9 Å². The molecule has 0 saturated carbocycles. The topological polar surface area (TPSA) is 54.4 Å². The van der Waals surface area contributed by atoms with Crippen molar-refractivity contribution >= 4 is 5.69 Å². The number of fused-ring (bicyclic) bond motifs is 1. The predicted octanol–water partition coefficient (Wildman–Crippen LogP) is 6.99. The second-order valence-corrected chi connectivity index (χ2v) is 11.1. The molecule has 1 aliphatic rings. The van der Waals surface area contributed by atoms with E-state index in [9.17, 15) is 5.11 Å². The van der Waals surface area contributed by atoms with Gasteiger partial charge in [-0.15, -0.1) is 0 Å². The molecule has 0 amide bonds. The van der Waals surface area contributed by atoms with E-state index < -0.39 is 0 Å². The first kappa shape index (κ1) is 29.6. The van der Waals surface area contributed by atoms with E-state index in [0.717, 1.165) is 49.6 Å². The summed E-state index contributed by atoms with van der Waals surface area (Å²) in [4.78, 5) is 4.74. The molecule has 4 rings (SSSR count). The van der Waals surface area contributed by atoms with Crippen LogP contribution in [-0.2, 0) is 12.8 Å². The number of hydrogen-bond donors (Lipinski definition) is 1. The molecule has 6 nitrogen and oxygen atoms in total. The lowest BCUT2D eigenvalue weighted by molar-refractivity contribution is 0.208. The van der Waals surface area contributed by atoms with Crippen LogP contribution in [0.4, 0.5) is 5.69 Å². The first-order chi connectivity index (χ1) is 19.2. The minimum atomic E-state index is 0.149. The summed E-state index contributed by atoms with van der Waals surface area (Å²) in [6.45, 7) is 11.3. The summed E-state index contributed by atoms with van der Waals surface area (Å²) in [7, 11) is 5.52. The minimum Gasteiger partial charge on any atom is -0.508 e. The van der Waals surface area contributed by atoms with Gasteiger partial charge in [0.1, 0.15) is 18.1 Å². The summed E-state index contributed by atoms with van der Waals surface area (Å²) < 4.78 is 17.5. The van der Waals surface area contributed by atoms with Crippen LogP contribution in [0.2, 0.25) is 0 Å². The van der Waals surface area contributed by atoms with Gasteiger partial charge in [0.25, 0.3) is 0 Å². The first-order valence-corrected chi connectivity index (χ1v) is 14.5. The number of ether oxygens (including phenoxy) is 3. The SMILES string of the molecule is CCN(c1cc(OC)c(OC)cc1[C@@H]1CCc2cc(O)ccc2C1)C(C)c1ccc(OCCN(C)C(C)C)cc1. The molecule has 0 spiro atoms. The van der Waals surface area contributed by atoms with Crippen LogP contribution in [0.5, 0.6) is 23.0 Å². The molecule has 0 heterocycles. The number of nitrogens with zero attached hydrogens (tertiary/aromatic N) is 2. The average Bonchev–Trinajstić information content (AvgIpc) is 2.97. The van der Waals surface area contributed by atoms with Gasteiger partial charge in [0.15, 0.2) is 11.5 Å². The number of aryl methyl sites for hydroxylation is 1. The summed E-state index contributed by atoms with van der Waals surface area (Å²) >= 11 is 0. The van der Waals surface area contributed by atoms with Gasteiger partial charge in [-0.1, -0.05) is 18.2 Å². The highest BCUT2D eigenvalue weighted by Gasteiger charge is 2.28. The Labute approximate surface area is 240 Å². The highest BCUT2D eigenvalue weighted by Crippen LogP contribution is 2.45. The van der Waals surface area contributed by atoms with Crippen LogP contribution in [-0.4, -0.2) is 57.0 Å². The zero-order valence-electron chi connectivity index (χ0n) is 25.2. The lowest BCUT2D eigenvalue weighted by Crippen LogP contribution is -2.30. The standard InChI is InChI=1S/C34H46N2O4/c1-8-36(24(4)25-12-15-30(16-13-25)40-18-17-35(5)23(2)3)32-22-34(39-7)33(38-6)21-31(32)28-10-9-27-20-29(37)14-11-26(27)19-28/h11-16,20-24,28,37H,8-10,17-19H2,1-7H3/t24?,28-/m1/s1. The molecule has 0 radical (unpaired) electrons. The van der Waals surface area contributed by atoms with Crippen LogP contribution in [0, 0.1) is 0 Å². The summed E-state index contributed by atoms with van der Waals surface area (Å²) in [5.41, 5.74) is 6.24. The maximum Gasteiger partial charge on any atom is 0.162 e. The molecule has 40 heavy (non-hydrogen) atoms. The van der Waals surface area contributed by atoms with Crippen LogP contribution in [0.1, 0.15) is 68.3 Å². The molecule has 0 bridgehead atoms. The number of hydrogen-bond acceptors (Lipinski definition) is 6. The van der Waals surface area contributed by atoms with Gasteiger partial charge in [-0.3, -0.25) is 0 Å². The number of likely N-dealkylation sites (N-methyl/N-ethyl adjacent to an activating group) is 1. The zero-order valence-corrected chi connectivity index (χ0v) is 25.2. The van der Waals surface area contributed by atoms with E-state index >= 15 is 0 Å². The Hall–Kier alpha value is -3.38. The van der Waals surface area contributed by atoms with Crippen molar-refractivity contribution in [3.8, 4) is 23.0 Å². The molecule has 3 aromatic rings. The normalized spacial score (nSPS) is 15.6. The first-order valence-electron chi connectivity index (χ1n) is 14.5. The largest absolute Gasteiger partial charge is 0.508 e. The van der Waals surface area contributed by atoms with Crippen molar-refractivity contribution in [2.75, 3.05) is 45.9 Å². The second-order valence-electron chi connectivity index (χ2n) is 11.1. The molecule has 0 saturated heterocycles. The Kier molecular flexibility index (Phi) is 9.85. The quantitative estimate of drug-likeness (QED) is 0.264. The van der Waals surface area contributed by atoms with Crippen molar-refractivity contribution in [1.29, 1.82) is 0 Å².